The molecule has 146 valence electrons. The van der Waals surface area contributed by atoms with Crippen LogP contribution in [0, 0.1) is 0 Å². The number of carbonyl (C=O) groups is 3. The average molecular weight is 372 g/mol. The fourth-order valence-electron chi connectivity index (χ4n) is 3.69. The monoisotopic (exact) mass is 372 g/mol. The number of nitrogens with zero attached hydrogens (tertiary/aromatic N) is 1. The van der Waals surface area contributed by atoms with E-state index in [9.17, 15) is 14.4 Å². The molecule has 0 aromatic heterocycles. The van der Waals surface area contributed by atoms with Gasteiger partial charge in [-0.25, -0.2) is 4.79 Å². The molecule has 1 saturated heterocycles. The minimum absolute atomic E-state index is 0.123. The molecule has 7 heteroatoms. The minimum atomic E-state index is -0.577. The summed E-state index contributed by atoms with van der Waals surface area (Å²) in [6.45, 7) is 2.43. The molecule has 1 aliphatic carbocycles. The van der Waals surface area contributed by atoms with Gasteiger partial charge in [-0.2, -0.15) is 0 Å². The van der Waals surface area contributed by atoms with Crippen LogP contribution in [0.3, 0.4) is 0 Å². The fraction of sp³-hybridized carbons (Fsp3) is 0.550. The number of carbonyl (C=O) groups excluding carboxylic acids is 3. The molecule has 1 saturated carbocycles. The highest BCUT2D eigenvalue weighted by molar-refractivity contribution is 5.98. The largest absolute Gasteiger partial charge is 0.374 e. The molecule has 1 atom stereocenters. The Morgan fingerprint density at radius 1 is 1.15 bits per heavy atom. The van der Waals surface area contributed by atoms with Crippen LogP contribution in [0.15, 0.2) is 24.3 Å². The Balaban J connectivity index is 1.51. The minimum Gasteiger partial charge on any atom is -0.374 e. The molecule has 1 aromatic carbocycles. The number of hydrogen-bond donors (Lipinski definition) is 3. The van der Waals surface area contributed by atoms with Gasteiger partial charge >= 0.3 is 6.03 Å². The van der Waals surface area contributed by atoms with Gasteiger partial charge in [-0.05, 0) is 44.4 Å². The Morgan fingerprint density at radius 2 is 1.93 bits per heavy atom. The number of urea groups is 1. The highest BCUT2D eigenvalue weighted by Crippen LogP contribution is 2.24. The first-order valence-electron chi connectivity index (χ1n) is 9.81. The van der Waals surface area contributed by atoms with Crippen molar-refractivity contribution in [2.24, 2.45) is 0 Å². The van der Waals surface area contributed by atoms with Crippen LogP contribution in [0.25, 0.3) is 0 Å². The van der Waals surface area contributed by atoms with Crippen molar-refractivity contribution in [2.75, 3.05) is 16.8 Å². The normalized spacial score (nSPS) is 18.9. The smallest absolute Gasteiger partial charge is 0.321 e. The lowest BCUT2D eigenvalue weighted by Gasteiger charge is -2.23. The summed E-state index contributed by atoms with van der Waals surface area (Å²) in [6.07, 6.45) is 6.83. The Morgan fingerprint density at radius 3 is 2.63 bits per heavy atom. The van der Waals surface area contributed by atoms with Crippen LogP contribution in [-0.4, -0.2) is 36.5 Å². The zero-order valence-corrected chi connectivity index (χ0v) is 15.8. The van der Waals surface area contributed by atoms with Crippen LogP contribution in [0.2, 0.25) is 0 Å². The Labute approximate surface area is 159 Å². The standard InChI is InChI=1S/C20H28N4O3/c1-14(19(26)23-20(27)22-15-7-3-2-4-8-15)21-16-9-5-10-17(13-16)24-12-6-11-18(24)25/h5,9-10,13-15,21H,2-4,6-8,11-12H2,1H3,(H2,22,23,26,27). The lowest BCUT2D eigenvalue weighted by Crippen LogP contribution is -2.49. The molecule has 1 unspecified atom stereocenters. The number of hydrogen-bond acceptors (Lipinski definition) is 4. The predicted molar refractivity (Wildman–Crippen MR) is 105 cm³/mol. The maximum Gasteiger partial charge on any atom is 0.321 e. The number of amides is 4. The van der Waals surface area contributed by atoms with Crippen molar-refractivity contribution in [3.8, 4) is 0 Å². The zero-order chi connectivity index (χ0) is 19.2. The van der Waals surface area contributed by atoms with Crippen molar-refractivity contribution in [3.05, 3.63) is 24.3 Å². The average Bonchev–Trinajstić information content (AvgIpc) is 3.08. The van der Waals surface area contributed by atoms with E-state index in [0.717, 1.165) is 50.0 Å². The first-order chi connectivity index (χ1) is 13.0. The lowest BCUT2D eigenvalue weighted by atomic mass is 9.96. The van der Waals surface area contributed by atoms with Crippen molar-refractivity contribution in [1.82, 2.24) is 10.6 Å². The number of imide groups is 1. The molecule has 2 fully saturated rings. The number of rotatable bonds is 5. The first kappa shape index (κ1) is 19.2. The summed E-state index contributed by atoms with van der Waals surface area (Å²) in [5.74, 6) is -0.261. The molecule has 0 radical (unpaired) electrons. The van der Waals surface area contributed by atoms with Gasteiger partial charge in [-0.3, -0.25) is 14.9 Å². The lowest BCUT2D eigenvalue weighted by molar-refractivity contribution is -0.120. The summed E-state index contributed by atoms with van der Waals surface area (Å²) >= 11 is 0. The highest BCUT2D eigenvalue weighted by Gasteiger charge is 2.23. The van der Waals surface area contributed by atoms with E-state index in [2.05, 4.69) is 16.0 Å². The SMILES string of the molecule is CC(Nc1cccc(N2CCCC2=O)c1)C(=O)NC(=O)NC1CCCCC1. The molecule has 1 aliphatic heterocycles. The van der Waals surface area contributed by atoms with Crippen LogP contribution >= 0.6 is 0 Å². The third kappa shape index (κ3) is 5.21. The van der Waals surface area contributed by atoms with Crippen LogP contribution in [0.5, 0.6) is 0 Å². The van der Waals surface area contributed by atoms with Crippen LogP contribution in [-0.2, 0) is 9.59 Å². The van der Waals surface area contributed by atoms with Crippen molar-refractivity contribution < 1.29 is 14.4 Å². The quantitative estimate of drug-likeness (QED) is 0.741. The highest BCUT2D eigenvalue weighted by atomic mass is 16.2. The Bertz CT molecular complexity index is 700. The van der Waals surface area contributed by atoms with E-state index in [1.54, 1.807) is 11.8 Å². The molecule has 4 amide bonds. The van der Waals surface area contributed by atoms with Gasteiger partial charge in [0, 0.05) is 30.4 Å². The van der Waals surface area contributed by atoms with E-state index >= 15 is 0 Å². The molecule has 3 rings (SSSR count). The maximum absolute atomic E-state index is 12.3. The third-order valence-corrected chi connectivity index (χ3v) is 5.18. The Hall–Kier alpha value is -2.57. The second-order valence-corrected chi connectivity index (χ2v) is 7.36. The van der Waals surface area contributed by atoms with Gasteiger partial charge < -0.3 is 15.5 Å². The van der Waals surface area contributed by atoms with Gasteiger partial charge in [0.2, 0.25) is 11.8 Å². The summed E-state index contributed by atoms with van der Waals surface area (Å²) in [6, 6.07) is 6.58. The topological polar surface area (TPSA) is 90.5 Å². The third-order valence-electron chi connectivity index (χ3n) is 5.18. The van der Waals surface area contributed by atoms with Gasteiger partial charge in [-0.15, -0.1) is 0 Å². The van der Waals surface area contributed by atoms with E-state index in [1.165, 1.54) is 6.42 Å². The molecule has 1 heterocycles. The van der Waals surface area contributed by atoms with Gasteiger partial charge in [-0.1, -0.05) is 25.3 Å². The molecule has 3 N–H and O–H groups in total. The summed E-state index contributed by atoms with van der Waals surface area (Å²) in [7, 11) is 0. The summed E-state index contributed by atoms with van der Waals surface area (Å²) < 4.78 is 0. The summed E-state index contributed by atoms with van der Waals surface area (Å²) in [5, 5.41) is 8.38. The second kappa shape index (κ2) is 8.88. The number of nitrogens with one attached hydrogen (secondary N) is 3. The van der Waals surface area contributed by atoms with Gasteiger partial charge in [0.1, 0.15) is 6.04 Å². The molecular formula is C20H28N4O3. The van der Waals surface area contributed by atoms with E-state index in [1.807, 2.05) is 24.3 Å². The van der Waals surface area contributed by atoms with E-state index in [-0.39, 0.29) is 17.9 Å². The van der Waals surface area contributed by atoms with Crippen LogP contribution in [0.4, 0.5) is 16.2 Å². The molecule has 0 spiro atoms. The van der Waals surface area contributed by atoms with E-state index in [0.29, 0.717) is 6.42 Å². The van der Waals surface area contributed by atoms with Gasteiger partial charge in [0.05, 0.1) is 0 Å². The van der Waals surface area contributed by atoms with Crippen LogP contribution < -0.4 is 20.9 Å². The Kier molecular flexibility index (Phi) is 6.32. The molecule has 7 nitrogen and oxygen atoms in total. The van der Waals surface area contributed by atoms with Crippen molar-refractivity contribution in [1.29, 1.82) is 0 Å². The van der Waals surface area contributed by atoms with Gasteiger partial charge in [0.15, 0.2) is 0 Å². The summed E-state index contributed by atoms with van der Waals surface area (Å²) in [5.41, 5.74) is 1.56. The first-order valence-corrected chi connectivity index (χ1v) is 9.81. The maximum atomic E-state index is 12.3. The molecule has 27 heavy (non-hydrogen) atoms. The van der Waals surface area contributed by atoms with Crippen molar-refractivity contribution >= 4 is 29.2 Å². The second-order valence-electron chi connectivity index (χ2n) is 7.36. The van der Waals surface area contributed by atoms with Crippen LogP contribution in [0.1, 0.15) is 51.9 Å². The molecule has 2 aliphatic rings. The summed E-state index contributed by atoms with van der Waals surface area (Å²) in [4.78, 5) is 38.0. The molecule has 0 bridgehead atoms. The fourth-order valence-corrected chi connectivity index (χ4v) is 3.69. The van der Waals surface area contributed by atoms with E-state index in [4.69, 9.17) is 0 Å². The van der Waals surface area contributed by atoms with Gasteiger partial charge in [0.25, 0.3) is 0 Å². The zero-order valence-electron chi connectivity index (χ0n) is 15.8. The molecular weight excluding hydrogens is 344 g/mol. The molecule has 1 aromatic rings. The number of anilines is 2. The van der Waals surface area contributed by atoms with Crippen molar-refractivity contribution in [3.63, 3.8) is 0 Å². The van der Waals surface area contributed by atoms with E-state index < -0.39 is 12.1 Å². The predicted octanol–water partition coefficient (Wildman–Crippen LogP) is 2.77. The number of benzene rings is 1. The van der Waals surface area contributed by atoms with Crippen molar-refractivity contribution in [2.45, 2.75) is 64.0 Å².